The van der Waals surface area contributed by atoms with Crippen LogP contribution in [-0.4, -0.2) is 29.3 Å². The van der Waals surface area contributed by atoms with E-state index in [1.165, 1.54) is 0 Å². The summed E-state index contributed by atoms with van der Waals surface area (Å²) in [6.45, 7) is 2.60. The third kappa shape index (κ3) is 6.73. The Morgan fingerprint density at radius 1 is 1.17 bits per heavy atom. The molecule has 8 heteroatoms. The Morgan fingerprint density at radius 2 is 1.90 bits per heavy atom. The average Bonchev–Trinajstić information content (AvgIpc) is 2.72. The van der Waals surface area contributed by atoms with Gasteiger partial charge >= 0.3 is 6.18 Å². The summed E-state index contributed by atoms with van der Waals surface area (Å²) in [4.78, 5) is 3.55. The maximum atomic E-state index is 13.0. The Hall–Kier alpha value is -2.63. The van der Waals surface area contributed by atoms with Gasteiger partial charge in [-0.2, -0.15) is 18.4 Å². The van der Waals surface area contributed by atoms with E-state index in [4.69, 9.17) is 9.84 Å². The molecule has 2 N–H and O–H groups in total. The average molecular weight is 407 g/mol. The zero-order chi connectivity index (χ0) is 21.3. The maximum Gasteiger partial charge on any atom is 0.433 e. The standard InChI is InChI=1S/C21H24F3N3O2/c1-2-17(11-13-28)26-12-10-18(15-6-4-3-5-7-15)29-20-16(14-25)8-9-19(27-20)21(22,23)24/h3-9,17-18,26,28H,2,10-13H2,1H3/t17?,18-/m1/s1. The van der Waals surface area contributed by atoms with E-state index in [0.29, 0.717) is 19.4 Å². The first-order valence-corrected chi connectivity index (χ1v) is 9.43. The summed E-state index contributed by atoms with van der Waals surface area (Å²) in [5.41, 5.74) is -0.392. The van der Waals surface area contributed by atoms with E-state index in [1.54, 1.807) is 0 Å². The molecule has 2 aromatic rings. The van der Waals surface area contributed by atoms with Gasteiger partial charge in [0.15, 0.2) is 0 Å². The predicted molar refractivity (Wildman–Crippen MR) is 102 cm³/mol. The van der Waals surface area contributed by atoms with Crippen molar-refractivity contribution < 1.29 is 23.0 Å². The van der Waals surface area contributed by atoms with Crippen molar-refractivity contribution in [3.8, 4) is 11.9 Å². The van der Waals surface area contributed by atoms with Crippen LogP contribution in [0.2, 0.25) is 0 Å². The van der Waals surface area contributed by atoms with Crippen molar-refractivity contribution in [1.29, 1.82) is 5.26 Å². The minimum atomic E-state index is -4.63. The molecule has 1 heterocycles. The Balaban J connectivity index is 2.23. The molecule has 29 heavy (non-hydrogen) atoms. The molecule has 156 valence electrons. The van der Waals surface area contributed by atoms with Gasteiger partial charge < -0.3 is 15.2 Å². The van der Waals surface area contributed by atoms with Crippen LogP contribution >= 0.6 is 0 Å². The molecule has 0 amide bonds. The van der Waals surface area contributed by atoms with Crippen LogP contribution in [0.3, 0.4) is 0 Å². The predicted octanol–water partition coefficient (Wildman–Crippen LogP) is 4.23. The molecule has 0 saturated carbocycles. The number of nitriles is 1. The first-order chi connectivity index (χ1) is 13.9. The smallest absolute Gasteiger partial charge is 0.433 e. The third-order valence-corrected chi connectivity index (χ3v) is 4.51. The van der Waals surface area contributed by atoms with Crippen LogP contribution in [-0.2, 0) is 6.18 Å². The Morgan fingerprint density at radius 3 is 2.48 bits per heavy atom. The lowest BCUT2D eigenvalue weighted by molar-refractivity contribution is -0.141. The topological polar surface area (TPSA) is 78.2 Å². The fourth-order valence-electron chi connectivity index (χ4n) is 2.89. The highest BCUT2D eigenvalue weighted by Crippen LogP contribution is 2.32. The van der Waals surface area contributed by atoms with Crippen molar-refractivity contribution in [3.63, 3.8) is 0 Å². The lowest BCUT2D eigenvalue weighted by atomic mass is 10.1. The van der Waals surface area contributed by atoms with Crippen LogP contribution in [0, 0.1) is 11.3 Å². The monoisotopic (exact) mass is 407 g/mol. The van der Waals surface area contributed by atoms with E-state index in [-0.39, 0.29) is 24.1 Å². The van der Waals surface area contributed by atoms with Gasteiger partial charge in [-0.3, -0.25) is 0 Å². The molecule has 0 aliphatic rings. The SMILES string of the molecule is CCC(CCO)NCC[C@@H](Oc1nc(C(F)(F)F)ccc1C#N)c1ccccc1. The number of aliphatic hydroxyl groups is 1. The number of alkyl halides is 3. The van der Waals surface area contributed by atoms with Gasteiger partial charge in [-0.25, -0.2) is 4.98 Å². The summed E-state index contributed by atoms with van der Waals surface area (Å²) >= 11 is 0. The van der Waals surface area contributed by atoms with Crippen molar-refractivity contribution in [2.75, 3.05) is 13.2 Å². The lowest BCUT2D eigenvalue weighted by Gasteiger charge is -2.22. The highest BCUT2D eigenvalue weighted by atomic mass is 19.4. The van der Waals surface area contributed by atoms with Gasteiger partial charge in [-0.05, 0) is 37.1 Å². The van der Waals surface area contributed by atoms with Gasteiger partial charge in [0.25, 0.3) is 0 Å². The molecular formula is C21H24F3N3O2. The fraction of sp³-hybridized carbons (Fsp3) is 0.429. The quantitative estimate of drug-likeness (QED) is 0.616. The fourth-order valence-corrected chi connectivity index (χ4v) is 2.89. The molecular weight excluding hydrogens is 383 g/mol. The second-order valence-corrected chi connectivity index (χ2v) is 6.54. The van der Waals surface area contributed by atoms with Gasteiger partial charge in [0, 0.05) is 19.1 Å². The number of rotatable bonds is 10. The summed E-state index contributed by atoms with van der Waals surface area (Å²) in [5, 5.41) is 21.7. The van der Waals surface area contributed by atoms with E-state index in [1.807, 2.05) is 43.3 Å². The highest BCUT2D eigenvalue weighted by molar-refractivity contribution is 5.39. The van der Waals surface area contributed by atoms with Gasteiger partial charge in [0.2, 0.25) is 5.88 Å². The largest absolute Gasteiger partial charge is 0.468 e. The van der Waals surface area contributed by atoms with Gasteiger partial charge in [0.05, 0.1) is 0 Å². The molecule has 1 aromatic carbocycles. The molecule has 2 atom stereocenters. The van der Waals surface area contributed by atoms with Gasteiger partial charge in [0.1, 0.15) is 23.4 Å². The van der Waals surface area contributed by atoms with Crippen LogP contribution in [0.4, 0.5) is 13.2 Å². The molecule has 0 radical (unpaired) electrons. The Kier molecular flexibility index (Phi) is 8.43. The first-order valence-electron chi connectivity index (χ1n) is 9.43. The second kappa shape index (κ2) is 10.8. The van der Waals surface area contributed by atoms with E-state index in [9.17, 15) is 18.4 Å². The number of halogens is 3. The summed E-state index contributed by atoms with van der Waals surface area (Å²) in [7, 11) is 0. The summed E-state index contributed by atoms with van der Waals surface area (Å²) in [5.74, 6) is -0.335. The Labute approximate surface area is 168 Å². The zero-order valence-electron chi connectivity index (χ0n) is 16.1. The summed E-state index contributed by atoms with van der Waals surface area (Å²) in [6.07, 6.45) is -3.31. The van der Waals surface area contributed by atoms with Crippen LogP contribution in [0.1, 0.15) is 49.1 Å². The number of ether oxygens (including phenoxy) is 1. The molecule has 1 unspecified atom stereocenters. The molecule has 0 saturated heterocycles. The molecule has 0 bridgehead atoms. The molecule has 1 aromatic heterocycles. The number of aromatic nitrogens is 1. The summed E-state index contributed by atoms with van der Waals surface area (Å²) < 4.78 is 44.9. The third-order valence-electron chi connectivity index (χ3n) is 4.51. The molecule has 0 aliphatic heterocycles. The number of nitrogens with one attached hydrogen (secondary N) is 1. The van der Waals surface area contributed by atoms with Crippen LogP contribution in [0.25, 0.3) is 0 Å². The number of pyridine rings is 1. The summed E-state index contributed by atoms with van der Waals surface area (Å²) in [6, 6.07) is 12.9. The van der Waals surface area contributed by atoms with Crippen molar-refractivity contribution >= 4 is 0 Å². The van der Waals surface area contributed by atoms with E-state index in [0.717, 1.165) is 24.1 Å². The number of aliphatic hydroxyl groups excluding tert-OH is 1. The second-order valence-electron chi connectivity index (χ2n) is 6.54. The number of hydrogen-bond donors (Lipinski definition) is 2. The van der Waals surface area contributed by atoms with Gasteiger partial charge in [-0.1, -0.05) is 37.3 Å². The van der Waals surface area contributed by atoms with Crippen molar-refractivity contribution in [2.45, 2.75) is 44.5 Å². The van der Waals surface area contributed by atoms with Crippen LogP contribution in [0.15, 0.2) is 42.5 Å². The van der Waals surface area contributed by atoms with Crippen LogP contribution < -0.4 is 10.1 Å². The van der Waals surface area contributed by atoms with E-state index < -0.39 is 18.0 Å². The molecule has 5 nitrogen and oxygen atoms in total. The normalized spacial score (nSPS) is 13.5. The minimum Gasteiger partial charge on any atom is -0.468 e. The zero-order valence-corrected chi connectivity index (χ0v) is 16.1. The molecule has 0 spiro atoms. The van der Waals surface area contributed by atoms with Crippen LogP contribution in [0.5, 0.6) is 5.88 Å². The minimum absolute atomic E-state index is 0.0568. The highest BCUT2D eigenvalue weighted by Gasteiger charge is 2.33. The van der Waals surface area contributed by atoms with Crippen molar-refractivity contribution in [2.24, 2.45) is 0 Å². The maximum absolute atomic E-state index is 13.0. The number of hydrogen-bond acceptors (Lipinski definition) is 5. The number of benzene rings is 1. The lowest BCUT2D eigenvalue weighted by Crippen LogP contribution is -2.31. The molecule has 0 fully saturated rings. The van der Waals surface area contributed by atoms with E-state index >= 15 is 0 Å². The van der Waals surface area contributed by atoms with Crippen molar-refractivity contribution in [1.82, 2.24) is 10.3 Å². The molecule has 2 rings (SSSR count). The Bertz CT molecular complexity index is 807. The van der Waals surface area contributed by atoms with Gasteiger partial charge in [-0.15, -0.1) is 0 Å². The number of nitrogens with zero attached hydrogens (tertiary/aromatic N) is 2. The molecule has 0 aliphatic carbocycles. The van der Waals surface area contributed by atoms with E-state index in [2.05, 4.69) is 10.3 Å². The first kappa shape index (κ1) is 22.7. The van der Waals surface area contributed by atoms with Crippen molar-refractivity contribution in [3.05, 3.63) is 59.3 Å².